The topological polar surface area (TPSA) is 99.9 Å². The number of likely N-dealkylation sites (tertiary alicyclic amines) is 1. The third-order valence-corrected chi connectivity index (χ3v) is 4.62. The van der Waals surface area contributed by atoms with Gasteiger partial charge in [-0.15, -0.1) is 0 Å². The van der Waals surface area contributed by atoms with E-state index in [1.165, 1.54) is 6.26 Å². The van der Waals surface area contributed by atoms with Crippen molar-refractivity contribution >= 4 is 23.5 Å². The van der Waals surface area contributed by atoms with Crippen LogP contribution in [0.25, 0.3) is 0 Å². The first-order valence-corrected chi connectivity index (χ1v) is 8.43. The SMILES string of the molecule is Cc1occc1C(=O)Nc1ccc(C(=O)N2CCC(C(=O)O)CC2)cc1. The number of aryl methyl sites for hydroxylation is 1. The summed E-state index contributed by atoms with van der Waals surface area (Å²) in [5.74, 6) is -1.03. The molecular weight excluding hydrogens is 336 g/mol. The van der Waals surface area contributed by atoms with Gasteiger partial charge in [-0.1, -0.05) is 0 Å². The minimum atomic E-state index is -0.801. The number of carboxylic acid groups (broad SMARTS) is 1. The lowest BCUT2D eigenvalue weighted by Crippen LogP contribution is -2.40. The van der Waals surface area contributed by atoms with Crippen LogP contribution in [0.5, 0.6) is 0 Å². The molecular formula is C19H20N2O5. The van der Waals surface area contributed by atoms with Gasteiger partial charge in [0.2, 0.25) is 0 Å². The Bertz CT molecular complexity index is 817. The van der Waals surface area contributed by atoms with Gasteiger partial charge in [0.25, 0.3) is 11.8 Å². The predicted molar refractivity (Wildman–Crippen MR) is 94.1 cm³/mol. The third-order valence-electron chi connectivity index (χ3n) is 4.62. The Balaban J connectivity index is 1.61. The van der Waals surface area contributed by atoms with Crippen LogP contribution in [0.15, 0.2) is 41.0 Å². The Kier molecular flexibility index (Phi) is 5.06. The first-order valence-electron chi connectivity index (χ1n) is 8.43. The van der Waals surface area contributed by atoms with Crippen LogP contribution in [-0.4, -0.2) is 40.9 Å². The minimum Gasteiger partial charge on any atom is -0.481 e. The third kappa shape index (κ3) is 3.77. The molecule has 26 heavy (non-hydrogen) atoms. The van der Waals surface area contributed by atoms with Gasteiger partial charge in [0, 0.05) is 24.3 Å². The highest BCUT2D eigenvalue weighted by Crippen LogP contribution is 2.20. The lowest BCUT2D eigenvalue weighted by molar-refractivity contribution is -0.143. The van der Waals surface area contributed by atoms with Crippen molar-refractivity contribution in [3.63, 3.8) is 0 Å². The van der Waals surface area contributed by atoms with Gasteiger partial charge >= 0.3 is 5.97 Å². The summed E-state index contributed by atoms with van der Waals surface area (Å²) in [4.78, 5) is 37.3. The number of benzene rings is 1. The van der Waals surface area contributed by atoms with Crippen molar-refractivity contribution in [1.29, 1.82) is 0 Å². The van der Waals surface area contributed by atoms with E-state index in [4.69, 9.17) is 9.52 Å². The summed E-state index contributed by atoms with van der Waals surface area (Å²) in [7, 11) is 0. The molecule has 3 rings (SSSR count). The number of furan rings is 1. The zero-order valence-corrected chi connectivity index (χ0v) is 14.4. The van der Waals surface area contributed by atoms with Gasteiger partial charge in [0.05, 0.1) is 17.7 Å². The number of nitrogens with zero attached hydrogens (tertiary/aromatic N) is 1. The summed E-state index contributed by atoms with van der Waals surface area (Å²) in [5.41, 5.74) is 1.56. The molecule has 1 aromatic carbocycles. The highest BCUT2D eigenvalue weighted by Gasteiger charge is 2.27. The summed E-state index contributed by atoms with van der Waals surface area (Å²) in [6.07, 6.45) is 2.40. The lowest BCUT2D eigenvalue weighted by Gasteiger charge is -2.30. The average Bonchev–Trinajstić information content (AvgIpc) is 3.08. The molecule has 2 heterocycles. The zero-order valence-electron chi connectivity index (χ0n) is 14.4. The largest absolute Gasteiger partial charge is 0.481 e. The van der Waals surface area contributed by atoms with Crippen LogP contribution in [0, 0.1) is 12.8 Å². The molecule has 2 amide bonds. The van der Waals surface area contributed by atoms with Crippen LogP contribution < -0.4 is 5.32 Å². The molecule has 0 atom stereocenters. The summed E-state index contributed by atoms with van der Waals surface area (Å²) in [6, 6.07) is 8.26. The van der Waals surface area contributed by atoms with Crippen molar-refractivity contribution in [3.05, 3.63) is 53.5 Å². The van der Waals surface area contributed by atoms with Gasteiger partial charge in [0.15, 0.2) is 0 Å². The number of aliphatic carboxylic acids is 1. The van der Waals surface area contributed by atoms with E-state index in [9.17, 15) is 14.4 Å². The van der Waals surface area contributed by atoms with E-state index in [0.717, 1.165) is 0 Å². The second-order valence-corrected chi connectivity index (χ2v) is 6.33. The molecule has 1 fully saturated rings. The predicted octanol–water partition coefficient (Wildman–Crippen LogP) is 2.78. The van der Waals surface area contributed by atoms with Crippen molar-refractivity contribution in [3.8, 4) is 0 Å². The number of piperidine rings is 1. The molecule has 0 saturated carbocycles. The maximum absolute atomic E-state index is 12.5. The quantitative estimate of drug-likeness (QED) is 0.877. The van der Waals surface area contributed by atoms with Crippen molar-refractivity contribution in [1.82, 2.24) is 4.90 Å². The highest BCUT2D eigenvalue weighted by atomic mass is 16.4. The Morgan fingerprint density at radius 2 is 1.77 bits per heavy atom. The van der Waals surface area contributed by atoms with E-state index in [1.54, 1.807) is 42.2 Å². The summed E-state index contributed by atoms with van der Waals surface area (Å²) in [5, 5.41) is 11.8. The standard InChI is InChI=1S/C19H20N2O5/c1-12-16(8-11-26-12)17(22)20-15-4-2-13(3-5-15)18(23)21-9-6-14(7-10-21)19(24)25/h2-5,8,11,14H,6-7,9-10H2,1H3,(H,20,22)(H,24,25). The Morgan fingerprint density at radius 1 is 1.12 bits per heavy atom. The van der Waals surface area contributed by atoms with Crippen molar-refractivity contribution in [2.45, 2.75) is 19.8 Å². The number of hydrogen-bond acceptors (Lipinski definition) is 4. The summed E-state index contributed by atoms with van der Waals surface area (Å²) >= 11 is 0. The van der Waals surface area contributed by atoms with Crippen LogP contribution in [-0.2, 0) is 4.79 Å². The molecule has 1 saturated heterocycles. The molecule has 0 aliphatic carbocycles. The molecule has 2 aromatic rings. The van der Waals surface area contributed by atoms with E-state index >= 15 is 0 Å². The first-order chi connectivity index (χ1) is 12.5. The van der Waals surface area contributed by atoms with E-state index in [2.05, 4.69) is 5.32 Å². The van der Waals surface area contributed by atoms with E-state index in [-0.39, 0.29) is 17.7 Å². The van der Waals surface area contributed by atoms with Crippen molar-refractivity contribution in [2.75, 3.05) is 18.4 Å². The van der Waals surface area contributed by atoms with Crippen LogP contribution in [0.1, 0.15) is 39.3 Å². The lowest BCUT2D eigenvalue weighted by atomic mass is 9.96. The molecule has 136 valence electrons. The van der Waals surface area contributed by atoms with E-state index in [0.29, 0.717) is 48.5 Å². The molecule has 0 unspecified atom stereocenters. The average molecular weight is 356 g/mol. The van der Waals surface area contributed by atoms with Crippen molar-refractivity contribution in [2.24, 2.45) is 5.92 Å². The van der Waals surface area contributed by atoms with E-state index < -0.39 is 5.97 Å². The number of carboxylic acids is 1. The second-order valence-electron chi connectivity index (χ2n) is 6.33. The van der Waals surface area contributed by atoms with Crippen molar-refractivity contribution < 1.29 is 23.9 Å². The van der Waals surface area contributed by atoms with Gasteiger partial charge in [-0.05, 0) is 50.1 Å². The number of hydrogen-bond donors (Lipinski definition) is 2. The molecule has 1 aliphatic rings. The fraction of sp³-hybridized carbons (Fsp3) is 0.316. The first kappa shape index (κ1) is 17.7. The second kappa shape index (κ2) is 7.43. The summed E-state index contributed by atoms with van der Waals surface area (Å²) < 4.78 is 5.12. The zero-order chi connectivity index (χ0) is 18.7. The number of carbonyl (C=O) groups is 3. The number of amides is 2. The molecule has 1 aromatic heterocycles. The van der Waals surface area contributed by atoms with Crippen LogP contribution in [0.4, 0.5) is 5.69 Å². The number of anilines is 1. The minimum absolute atomic E-state index is 0.127. The maximum Gasteiger partial charge on any atom is 0.306 e. The fourth-order valence-electron chi connectivity index (χ4n) is 3.03. The number of nitrogens with one attached hydrogen (secondary N) is 1. The molecule has 0 spiro atoms. The molecule has 1 aliphatic heterocycles. The normalized spacial score (nSPS) is 14.9. The Hall–Kier alpha value is -3.09. The number of carbonyl (C=O) groups excluding carboxylic acids is 2. The molecule has 2 N–H and O–H groups in total. The van der Waals surface area contributed by atoms with Gasteiger partial charge < -0.3 is 19.7 Å². The Labute approximate surface area is 150 Å². The highest BCUT2D eigenvalue weighted by molar-refractivity contribution is 6.05. The summed E-state index contributed by atoms with van der Waals surface area (Å²) in [6.45, 7) is 2.59. The van der Waals surface area contributed by atoms with Crippen LogP contribution >= 0.6 is 0 Å². The monoisotopic (exact) mass is 356 g/mol. The smallest absolute Gasteiger partial charge is 0.306 e. The van der Waals surface area contributed by atoms with Gasteiger partial charge in [-0.25, -0.2) is 0 Å². The van der Waals surface area contributed by atoms with Crippen LogP contribution in [0.3, 0.4) is 0 Å². The fourth-order valence-corrected chi connectivity index (χ4v) is 3.03. The van der Waals surface area contributed by atoms with Gasteiger partial charge in [0.1, 0.15) is 5.76 Å². The molecule has 0 bridgehead atoms. The molecule has 0 radical (unpaired) electrons. The Morgan fingerprint density at radius 3 is 2.31 bits per heavy atom. The van der Waals surface area contributed by atoms with E-state index in [1.807, 2.05) is 0 Å². The van der Waals surface area contributed by atoms with Gasteiger partial charge in [-0.2, -0.15) is 0 Å². The maximum atomic E-state index is 12.5. The molecule has 7 nitrogen and oxygen atoms in total. The molecule has 7 heteroatoms. The van der Waals surface area contributed by atoms with Crippen LogP contribution in [0.2, 0.25) is 0 Å². The number of rotatable bonds is 4. The van der Waals surface area contributed by atoms with Gasteiger partial charge in [-0.3, -0.25) is 14.4 Å².